The Balaban J connectivity index is 1.71. The average molecular weight is 336 g/mol. The van der Waals surface area contributed by atoms with Gasteiger partial charge in [0.15, 0.2) is 0 Å². The van der Waals surface area contributed by atoms with Crippen molar-refractivity contribution < 1.29 is 4.79 Å². The molecule has 1 fully saturated rings. The van der Waals surface area contributed by atoms with Crippen LogP contribution in [0, 0.1) is 0 Å². The molecule has 1 amide bonds. The van der Waals surface area contributed by atoms with Gasteiger partial charge in [-0.3, -0.25) is 4.79 Å². The van der Waals surface area contributed by atoms with Crippen LogP contribution in [0.25, 0.3) is 0 Å². The number of carbonyl (C=O) groups excluding carboxylic acids is 1. The van der Waals surface area contributed by atoms with Crippen LogP contribution >= 0.6 is 27.3 Å². The predicted molar refractivity (Wildman–Crippen MR) is 81.7 cm³/mol. The second-order valence-electron chi connectivity index (χ2n) is 4.75. The molecule has 2 nitrogen and oxygen atoms in total. The summed E-state index contributed by atoms with van der Waals surface area (Å²) in [6.45, 7) is 1.69. The van der Waals surface area contributed by atoms with Gasteiger partial charge in [0.2, 0.25) is 0 Å². The monoisotopic (exact) mass is 335 g/mol. The van der Waals surface area contributed by atoms with Crippen LogP contribution in [0.4, 0.5) is 0 Å². The van der Waals surface area contributed by atoms with Crippen molar-refractivity contribution >= 4 is 33.2 Å². The Labute approximate surface area is 125 Å². The number of hydrogen-bond donors (Lipinski definition) is 0. The van der Waals surface area contributed by atoms with Crippen molar-refractivity contribution in [3.8, 4) is 0 Å². The van der Waals surface area contributed by atoms with Crippen LogP contribution < -0.4 is 0 Å². The molecule has 0 spiro atoms. The SMILES string of the molecule is O=C(c1ccc(Br)s1)N1CCC(c2ccccc2)C1. The fourth-order valence-corrected chi connectivity index (χ4v) is 3.88. The summed E-state index contributed by atoms with van der Waals surface area (Å²) in [6, 6.07) is 14.3. The molecule has 0 N–H and O–H groups in total. The molecule has 1 aromatic heterocycles. The topological polar surface area (TPSA) is 20.3 Å². The Morgan fingerprint density at radius 2 is 2.00 bits per heavy atom. The molecule has 1 aliphatic heterocycles. The van der Waals surface area contributed by atoms with Gasteiger partial charge in [0, 0.05) is 19.0 Å². The smallest absolute Gasteiger partial charge is 0.263 e. The van der Waals surface area contributed by atoms with Gasteiger partial charge in [0.25, 0.3) is 5.91 Å². The Morgan fingerprint density at radius 3 is 2.68 bits per heavy atom. The Kier molecular flexibility index (Phi) is 3.71. The molecule has 2 aromatic rings. The fourth-order valence-electron chi connectivity index (χ4n) is 2.53. The van der Waals surface area contributed by atoms with Gasteiger partial charge in [-0.2, -0.15) is 0 Å². The van der Waals surface area contributed by atoms with E-state index in [1.54, 1.807) is 0 Å². The third kappa shape index (κ3) is 2.74. The quantitative estimate of drug-likeness (QED) is 0.807. The molecule has 98 valence electrons. The van der Waals surface area contributed by atoms with Gasteiger partial charge in [-0.15, -0.1) is 11.3 Å². The molecule has 2 heterocycles. The second-order valence-corrected chi connectivity index (χ2v) is 7.21. The van der Waals surface area contributed by atoms with Gasteiger partial charge in [-0.25, -0.2) is 0 Å². The van der Waals surface area contributed by atoms with E-state index in [9.17, 15) is 4.79 Å². The van der Waals surface area contributed by atoms with Crippen molar-refractivity contribution in [1.82, 2.24) is 4.90 Å². The number of nitrogens with zero attached hydrogens (tertiary/aromatic N) is 1. The van der Waals surface area contributed by atoms with E-state index in [4.69, 9.17) is 0 Å². The third-order valence-electron chi connectivity index (χ3n) is 3.53. The highest BCUT2D eigenvalue weighted by atomic mass is 79.9. The van der Waals surface area contributed by atoms with E-state index in [1.807, 2.05) is 23.1 Å². The minimum Gasteiger partial charge on any atom is -0.337 e. The van der Waals surface area contributed by atoms with E-state index >= 15 is 0 Å². The number of benzene rings is 1. The maximum Gasteiger partial charge on any atom is 0.263 e. The number of rotatable bonds is 2. The maximum absolute atomic E-state index is 12.4. The minimum absolute atomic E-state index is 0.161. The molecule has 19 heavy (non-hydrogen) atoms. The lowest BCUT2D eigenvalue weighted by Crippen LogP contribution is -2.27. The first-order valence-corrected chi connectivity index (χ1v) is 7.94. The molecule has 4 heteroatoms. The molecule has 0 bridgehead atoms. The van der Waals surface area contributed by atoms with Crippen molar-refractivity contribution in [2.45, 2.75) is 12.3 Å². The van der Waals surface area contributed by atoms with E-state index in [2.05, 4.69) is 40.2 Å². The van der Waals surface area contributed by atoms with Crippen LogP contribution in [0.2, 0.25) is 0 Å². The van der Waals surface area contributed by atoms with Gasteiger partial charge in [0.05, 0.1) is 8.66 Å². The fraction of sp³-hybridized carbons (Fsp3) is 0.267. The lowest BCUT2D eigenvalue weighted by Gasteiger charge is -2.15. The summed E-state index contributed by atoms with van der Waals surface area (Å²) >= 11 is 4.91. The summed E-state index contributed by atoms with van der Waals surface area (Å²) in [4.78, 5) is 15.1. The lowest BCUT2D eigenvalue weighted by atomic mass is 9.99. The number of hydrogen-bond acceptors (Lipinski definition) is 2. The van der Waals surface area contributed by atoms with Crippen molar-refractivity contribution in [2.75, 3.05) is 13.1 Å². The van der Waals surface area contributed by atoms with E-state index in [1.165, 1.54) is 16.9 Å². The summed E-state index contributed by atoms with van der Waals surface area (Å²) in [7, 11) is 0. The summed E-state index contributed by atoms with van der Waals surface area (Å²) < 4.78 is 1.01. The molecule has 3 rings (SSSR count). The number of halogens is 1. The predicted octanol–water partition coefficient (Wildman–Crippen LogP) is 4.14. The summed E-state index contributed by atoms with van der Waals surface area (Å²) in [5, 5.41) is 0. The van der Waals surface area contributed by atoms with Crippen LogP contribution in [-0.4, -0.2) is 23.9 Å². The number of carbonyl (C=O) groups is 1. The molecule has 0 saturated carbocycles. The normalized spacial score (nSPS) is 18.8. The molecule has 1 aromatic carbocycles. The average Bonchev–Trinajstić information content (AvgIpc) is 3.08. The molecular weight excluding hydrogens is 322 g/mol. The van der Waals surface area contributed by atoms with Gasteiger partial charge < -0.3 is 4.90 Å². The zero-order valence-corrected chi connectivity index (χ0v) is 12.8. The Bertz CT molecular complexity index is 581. The molecule has 1 aliphatic rings. The zero-order chi connectivity index (χ0) is 13.2. The summed E-state index contributed by atoms with van der Waals surface area (Å²) in [6.07, 6.45) is 1.06. The molecular formula is C15H14BrNOS. The van der Waals surface area contributed by atoms with Crippen molar-refractivity contribution in [3.05, 3.63) is 56.7 Å². The zero-order valence-electron chi connectivity index (χ0n) is 10.4. The molecule has 1 atom stereocenters. The van der Waals surface area contributed by atoms with Crippen LogP contribution in [0.5, 0.6) is 0 Å². The van der Waals surface area contributed by atoms with Crippen LogP contribution in [0.3, 0.4) is 0 Å². The highest BCUT2D eigenvalue weighted by molar-refractivity contribution is 9.11. The van der Waals surface area contributed by atoms with Crippen LogP contribution in [-0.2, 0) is 0 Å². The van der Waals surface area contributed by atoms with Crippen molar-refractivity contribution in [2.24, 2.45) is 0 Å². The van der Waals surface area contributed by atoms with Crippen LogP contribution in [0.15, 0.2) is 46.3 Å². The first kappa shape index (κ1) is 12.9. The minimum atomic E-state index is 0.161. The molecule has 0 aliphatic carbocycles. The molecule has 1 unspecified atom stereocenters. The number of thiophene rings is 1. The Hall–Kier alpha value is -1.13. The third-order valence-corrected chi connectivity index (χ3v) is 5.14. The maximum atomic E-state index is 12.4. The van der Waals surface area contributed by atoms with Gasteiger partial charge in [-0.1, -0.05) is 30.3 Å². The van der Waals surface area contributed by atoms with Gasteiger partial charge in [-0.05, 0) is 40.0 Å². The summed E-state index contributed by atoms with van der Waals surface area (Å²) in [5.74, 6) is 0.641. The van der Waals surface area contributed by atoms with E-state index in [0.29, 0.717) is 5.92 Å². The van der Waals surface area contributed by atoms with Gasteiger partial charge in [0.1, 0.15) is 0 Å². The second kappa shape index (κ2) is 5.47. The summed E-state index contributed by atoms with van der Waals surface area (Å²) in [5.41, 5.74) is 1.34. The largest absolute Gasteiger partial charge is 0.337 e. The lowest BCUT2D eigenvalue weighted by molar-refractivity contribution is 0.0795. The first-order chi connectivity index (χ1) is 9.24. The molecule has 1 saturated heterocycles. The highest BCUT2D eigenvalue weighted by Crippen LogP contribution is 2.30. The van der Waals surface area contributed by atoms with E-state index in [0.717, 1.165) is 28.2 Å². The van der Waals surface area contributed by atoms with Gasteiger partial charge >= 0.3 is 0 Å². The van der Waals surface area contributed by atoms with Crippen molar-refractivity contribution in [3.63, 3.8) is 0 Å². The van der Waals surface area contributed by atoms with E-state index < -0.39 is 0 Å². The Morgan fingerprint density at radius 1 is 1.21 bits per heavy atom. The van der Waals surface area contributed by atoms with E-state index in [-0.39, 0.29) is 5.91 Å². The molecule has 0 radical (unpaired) electrons. The first-order valence-electron chi connectivity index (χ1n) is 6.33. The number of amides is 1. The van der Waals surface area contributed by atoms with Crippen molar-refractivity contribution in [1.29, 1.82) is 0 Å². The number of likely N-dealkylation sites (tertiary alicyclic amines) is 1. The van der Waals surface area contributed by atoms with Crippen LogP contribution in [0.1, 0.15) is 27.6 Å². The standard InChI is InChI=1S/C15H14BrNOS/c16-14-7-6-13(19-14)15(18)17-9-8-12(10-17)11-4-2-1-3-5-11/h1-7,12H,8-10H2. The highest BCUT2D eigenvalue weighted by Gasteiger charge is 2.28.